The maximum atomic E-state index is 12.5. The van der Waals surface area contributed by atoms with Gasteiger partial charge in [-0.25, -0.2) is 0 Å². The molecule has 0 saturated heterocycles. The standard InChI is InChI=1S/C21H17N3O4/c1-27-13-8-12-14-11(9-22-12)15-18(21(26)24-20(15)25)23-17(16(14)19(13)28-2)10-6-4-3-5-7-10/h3-9,17,22-23H,1-2H3,(H,24,25,26). The highest BCUT2D eigenvalue weighted by Gasteiger charge is 2.39. The van der Waals surface area contributed by atoms with Crippen molar-refractivity contribution in [3.63, 3.8) is 0 Å². The van der Waals surface area contributed by atoms with Gasteiger partial charge in [-0.1, -0.05) is 30.3 Å². The number of amides is 2. The van der Waals surface area contributed by atoms with Crippen LogP contribution in [0.5, 0.6) is 11.5 Å². The average Bonchev–Trinajstić information content (AvgIpc) is 3.19. The van der Waals surface area contributed by atoms with Gasteiger partial charge in [0.2, 0.25) is 0 Å². The molecule has 7 heteroatoms. The molecule has 140 valence electrons. The van der Waals surface area contributed by atoms with Gasteiger partial charge in [-0.05, 0) is 5.56 Å². The Balaban J connectivity index is 1.92. The van der Waals surface area contributed by atoms with E-state index in [0.29, 0.717) is 22.6 Å². The van der Waals surface area contributed by atoms with Gasteiger partial charge in [0.05, 0.1) is 31.4 Å². The molecule has 5 rings (SSSR count). The summed E-state index contributed by atoms with van der Waals surface area (Å²) in [6.45, 7) is 0. The fourth-order valence-corrected chi connectivity index (χ4v) is 4.08. The van der Waals surface area contributed by atoms with Crippen molar-refractivity contribution in [2.24, 2.45) is 0 Å². The monoisotopic (exact) mass is 375 g/mol. The first kappa shape index (κ1) is 16.4. The zero-order chi connectivity index (χ0) is 19.4. The second-order valence-electron chi connectivity index (χ2n) is 6.67. The van der Waals surface area contributed by atoms with E-state index in [9.17, 15) is 9.59 Å². The van der Waals surface area contributed by atoms with Gasteiger partial charge in [-0.2, -0.15) is 0 Å². The summed E-state index contributed by atoms with van der Waals surface area (Å²) in [5.41, 5.74) is 3.80. The summed E-state index contributed by atoms with van der Waals surface area (Å²) in [6.07, 6.45) is 1.75. The van der Waals surface area contributed by atoms with Crippen LogP contribution >= 0.6 is 0 Å². The molecule has 2 aliphatic heterocycles. The molecule has 3 aromatic rings. The number of aromatic nitrogens is 1. The lowest BCUT2D eigenvalue weighted by Crippen LogP contribution is -2.30. The van der Waals surface area contributed by atoms with Crippen molar-refractivity contribution in [1.82, 2.24) is 15.6 Å². The Kier molecular flexibility index (Phi) is 3.45. The third-order valence-electron chi connectivity index (χ3n) is 5.26. The summed E-state index contributed by atoms with van der Waals surface area (Å²) in [5.74, 6) is 0.280. The molecule has 7 nitrogen and oxygen atoms in total. The van der Waals surface area contributed by atoms with Crippen LogP contribution in [0.25, 0.3) is 16.5 Å². The first-order chi connectivity index (χ1) is 13.6. The van der Waals surface area contributed by atoms with Crippen molar-refractivity contribution in [3.8, 4) is 11.5 Å². The minimum Gasteiger partial charge on any atom is -0.493 e. The van der Waals surface area contributed by atoms with Crippen molar-refractivity contribution in [1.29, 1.82) is 0 Å². The molecule has 2 aliphatic rings. The van der Waals surface area contributed by atoms with E-state index in [1.54, 1.807) is 20.4 Å². The van der Waals surface area contributed by atoms with E-state index >= 15 is 0 Å². The maximum absolute atomic E-state index is 12.5. The maximum Gasteiger partial charge on any atom is 0.275 e. The van der Waals surface area contributed by atoms with Crippen LogP contribution in [-0.2, 0) is 9.59 Å². The molecule has 0 radical (unpaired) electrons. The van der Waals surface area contributed by atoms with Gasteiger partial charge in [0.25, 0.3) is 11.8 Å². The molecule has 0 bridgehead atoms. The molecule has 3 N–H and O–H groups in total. The second-order valence-corrected chi connectivity index (χ2v) is 6.67. The highest BCUT2D eigenvalue weighted by molar-refractivity contribution is 6.37. The summed E-state index contributed by atoms with van der Waals surface area (Å²) in [7, 11) is 3.16. The number of ether oxygens (including phenoxy) is 2. The Labute approximate surface area is 160 Å². The van der Waals surface area contributed by atoms with Crippen LogP contribution in [0.15, 0.2) is 48.3 Å². The fraction of sp³-hybridized carbons (Fsp3) is 0.143. The van der Waals surface area contributed by atoms with Gasteiger partial charge in [0, 0.05) is 28.8 Å². The zero-order valence-corrected chi connectivity index (χ0v) is 15.3. The SMILES string of the molecule is COc1cc2[nH]cc3c2c(c1OC)C(c1ccccc1)NC1=C3C(=O)NC1=O. The molecular weight excluding hydrogens is 358 g/mol. The number of methoxy groups -OCH3 is 2. The van der Waals surface area contributed by atoms with Crippen LogP contribution in [0.1, 0.15) is 22.7 Å². The van der Waals surface area contributed by atoms with Crippen LogP contribution < -0.4 is 20.1 Å². The van der Waals surface area contributed by atoms with Crippen LogP contribution in [0.2, 0.25) is 0 Å². The Morgan fingerprint density at radius 2 is 1.79 bits per heavy atom. The average molecular weight is 375 g/mol. The van der Waals surface area contributed by atoms with Crippen LogP contribution in [-0.4, -0.2) is 31.0 Å². The van der Waals surface area contributed by atoms with E-state index < -0.39 is 17.9 Å². The minimum absolute atomic E-state index is 0.261. The number of hydrogen-bond acceptors (Lipinski definition) is 5. The third kappa shape index (κ3) is 2.10. The molecule has 1 aromatic heterocycles. The van der Waals surface area contributed by atoms with Gasteiger partial charge in [-0.3, -0.25) is 14.9 Å². The lowest BCUT2D eigenvalue weighted by molar-refractivity contribution is -0.123. The van der Waals surface area contributed by atoms with Gasteiger partial charge in [0.1, 0.15) is 5.70 Å². The topological polar surface area (TPSA) is 92.4 Å². The van der Waals surface area contributed by atoms with Crippen LogP contribution in [0.3, 0.4) is 0 Å². The number of H-pyrrole nitrogens is 1. The van der Waals surface area contributed by atoms with Gasteiger partial charge in [0.15, 0.2) is 11.5 Å². The third-order valence-corrected chi connectivity index (χ3v) is 5.26. The smallest absolute Gasteiger partial charge is 0.275 e. The lowest BCUT2D eigenvalue weighted by atomic mass is 9.92. The van der Waals surface area contributed by atoms with Crippen LogP contribution in [0, 0.1) is 0 Å². The van der Waals surface area contributed by atoms with Crippen LogP contribution in [0.4, 0.5) is 0 Å². The zero-order valence-electron chi connectivity index (χ0n) is 15.3. The Hall–Kier alpha value is -3.74. The highest BCUT2D eigenvalue weighted by atomic mass is 16.5. The molecule has 2 amide bonds. The van der Waals surface area contributed by atoms with E-state index in [0.717, 1.165) is 22.0 Å². The second kappa shape index (κ2) is 5.88. The quantitative estimate of drug-likeness (QED) is 0.611. The molecule has 2 aromatic carbocycles. The molecule has 0 fully saturated rings. The van der Waals surface area contributed by atoms with Crippen molar-refractivity contribution < 1.29 is 19.1 Å². The summed E-state index contributed by atoms with van der Waals surface area (Å²) < 4.78 is 11.3. The van der Waals surface area contributed by atoms with E-state index in [4.69, 9.17) is 9.47 Å². The Bertz CT molecular complexity index is 1180. The molecule has 1 unspecified atom stereocenters. The van der Waals surface area contributed by atoms with Crippen molar-refractivity contribution in [3.05, 3.63) is 65.0 Å². The largest absolute Gasteiger partial charge is 0.493 e. The summed E-state index contributed by atoms with van der Waals surface area (Å²) in [5, 5.41) is 6.51. The number of carbonyl (C=O) groups is 2. The summed E-state index contributed by atoms with van der Waals surface area (Å²) in [4.78, 5) is 28.2. The molecule has 28 heavy (non-hydrogen) atoms. The predicted octanol–water partition coefficient (Wildman–Crippen LogP) is 2.25. The number of carbonyl (C=O) groups excluding carboxylic acids is 2. The van der Waals surface area contributed by atoms with Crippen molar-refractivity contribution in [2.75, 3.05) is 14.2 Å². The number of benzene rings is 2. The van der Waals surface area contributed by atoms with Crippen molar-refractivity contribution in [2.45, 2.75) is 6.04 Å². The van der Waals surface area contributed by atoms with Gasteiger partial charge in [-0.15, -0.1) is 0 Å². The van der Waals surface area contributed by atoms with Gasteiger partial charge >= 0.3 is 0 Å². The first-order valence-corrected chi connectivity index (χ1v) is 8.81. The number of aromatic amines is 1. The number of fused-ring (bicyclic) bond motifs is 1. The van der Waals surface area contributed by atoms with E-state index in [2.05, 4.69) is 15.6 Å². The number of imide groups is 1. The predicted molar refractivity (Wildman–Crippen MR) is 103 cm³/mol. The number of rotatable bonds is 3. The van der Waals surface area contributed by atoms with Crippen molar-refractivity contribution >= 4 is 28.3 Å². The lowest BCUT2D eigenvalue weighted by Gasteiger charge is -2.24. The van der Waals surface area contributed by atoms with E-state index in [1.807, 2.05) is 36.4 Å². The molecule has 0 spiro atoms. The molecule has 3 heterocycles. The molecular formula is C21H17N3O4. The Morgan fingerprint density at radius 1 is 1.00 bits per heavy atom. The molecule has 0 aliphatic carbocycles. The van der Waals surface area contributed by atoms with E-state index in [1.165, 1.54) is 0 Å². The summed E-state index contributed by atoms with van der Waals surface area (Å²) in [6, 6.07) is 11.1. The fourth-order valence-electron chi connectivity index (χ4n) is 4.08. The molecule has 0 saturated carbocycles. The van der Waals surface area contributed by atoms with E-state index in [-0.39, 0.29) is 5.70 Å². The number of hydrogen-bond donors (Lipinski definition) is 3. The first-order valence-electron chi connectivity index (χ1n) is 8.81. The minimum atomic E-state index is -0.436. The number of nitrogens with one attached hydrogen (secondary N) is 3. The van der Waals surface area contributed by atoms with Gasteiger partial charge < -0.3 is 19.8 Å². The molecule has 1 atom stereocenters. The Morgan fingerprint density at radius 3 is 2.50 bits per heavy atom. The normalized spacial score (nSPS) is 17.9. The summed E-state index contributed by atoms with van der Waals surface area (Å²) >= 11 is 0. The highest BCUT2D eigenvalue weighted by Crippen LogP contribution is 2.47.